The van der Waals surface area contributed by atoms with Crippen molar-refractivity contribution >= 4 is 5.91 Å². The van der Waals surface area contributed by atoms with E-state index in [4.69, 9.17) is 9.47 Å². The molecule has 1 rings (SSSR count). The minimum Gasteiger partial charge on any atom is -0.394 e. The van der Waals surface area contributed by atoms with Crippen LogP contribution in [0.25, 0.3) is 0 Å². The van der Waals surface area contributed by atoms with Crippen LogP contribution in [0.15, 0.2) is 0 Å². The molecule has 1 amide bonds. The first-order valence-electron chi connectivity index (χ1n) is 26.0. The number of rotatable bonds is 44. The van der Waals surface area contributed by atoms with Crippen LogP contribution in [-0.2, 0) is 14.3 Å². The van der Waals surface area contributed by atoms with Crippen LogP contribution < -0.4 is 5.32 Å². The lowest BCUT2D eigenvalue weighted by Crippen LogP contribution is -2.60. The average molecular weight is 873 g/mol. The first-order valence-corrected chi connectivity index (χ1v) is 26.0. The minimum atomic E-state index is -1.61. The zero-order chi connectivity index (χ0) is 44.8. The smallest absolute Gasteiger partial charge is 0.220 e. The highest BCUT2D eigenvalue weighted by Crippen LogP contribution is 2.23. The third-order valence-corrected chi connectivity index (χ3v) is 12.8. The summed E-state index contributed by atoms with van der Waals surface area (Å²) in [5, 5.41) is 65.7. The predicted molar refractivity (Wildman–Crippen MR) is 249 cm³/mol. The summed E-state index contributed by atoms with van der Waals surface area (Å²) in [6.07, 6.45) is 29.0. The largest absolute Gasteiger partial charge is 0.394 e. The van der Waals surface area contributed by atoms with Crippen LogP contribution in [0, 0.1) is 0 Å². The summed E-state index contributed by atoms with van der Waals surface area (Å²) in [7, 11) is 0. The van der Waals surface area contributed by atoms with Crippen LogP contribution in [-0.4, -0.2) is 123 Å². The molecule has 61 heavy (non-hydrogen) atoms. The summed E-state index contributed by atoms with van der Waals surface area (Å²) in [6.45, 7) is 9.32. The van der Waals surface area contributed by atoms with Gasteiger partial charge >= 0.3 is 0 Å². The fourth-order valence-corrected chi connectivity index (χ4v) is 8.61. The predicted octanol–water partition coefficient (Wildman–Crippen LogP) is 9.24. The molecule has 0 aromatic carbocycles. The summed E-state index contributed by atoms with van der Waals surface area (Å²) in [5.41, 5.74) is 0. The van der Waals surface area contributed by atoms with E-state index >= 15 is 0 Å². The maximum Gasteiger partial charge on any atom is 0.220 e. The molecular formula is C50H100N2O9. The van der Waals surface area contributed by atoms with Crippen molar-refractivity contribution in [1.29, 1.82) is 0 Å². The van der Waals surface area contributed by atoms with Gasteiger partial charge in [-0.25, -0.2) is 0 Å². The maximum atomic E-state index is 13.2. The van der Waals surface area contributed by atoms with Crippen molar-refractivity contribution in [2.45, 2.75) is 282 Å². The Morgan fingerprint density at radius 1 is 0.557 bits per heavy atom. The molecule has 0 spiro atoms. The highest BCUT2D eigenvalue weighted by Gasteiger charge is 2.44. The molecule has 8 atom stereocenters. The second kappa shape index (κ2) is 40.6. The average Bonchev–Trinajstić information content (AvgIpc) is 3.26. The van der Waals surface area contributed by atoms with Gasteiger partial charge in [0, 0.05) is 6.42 Å². The van der Waals surface area contributed by atoms with Gasteiger partial charge in [0.05, 0.1) is 25.4 Å². The summed E-state index contributed by atoms with van der Waals surface area (Å²) in [4.78, 5) is 15.9. The molecule has 0 aromatic heterocycles. The Kier molecular flexibility index (Phi) is 38.7. The molecule has 7 N–H and O–H groups in total. The highest BCUT2D eigenvalue weighted by molar-refractivity contribution is 5.76. The normalized spacial score (nSPS) is 20.9. The van der Waals surface area contributed by atoms with Crippen LogP contribution in [0.3, 0.4) is 0 Å². The van der Waals surface area contributed by atoms with Crippen molar-refractivity contribution < 1.29 is 44.9 Å². The minimum absolute atomic E-state index is 0.255. The standard InChI is InChI=1S/C50H100N2O9/c1-4-7-10-13-16-17-18-19-20-21-22-25-30-35-43(54)46(56)42(41-60-50-49(59)48(58)47(57)44(40-53)61-50)51-45(55)36-31-26-29-34-39-52(37-32-27-23-14-11-8-5-2)38-33-28-24-15-12-9-6-3/h42-44,46-50,53-54,56-59H,4-41H2,1-3H3,(H,51,55)/t42-,43+,44+,46-,47-,48-,49+,50-/m0/s1. The molecule has 364 valence electrons. The van der Waals surface area contributed by atoms with Crippen molar-refractivity contribution in [3.05, 3.63) is 0 Å². The van der Waals surface area contributed by atoms with Gasteiger partial charge in [-0.15, -0.1) is 0 Å². The zero-order valence-corrected chi connectivity index (χ0v) is 39.8. The van der Waals surface area contributed by atoms with Crippen LogP contribution in [0.4, 0.5) is 0 Å². The quantitative estimate of drug-likeness (QED) is 0.0293. The van der Waals surface area contributed by atoms with Crippen LogP contribution in [0.1, 0.15) is 233 Å². The Bertz CT molecular complexity index is 944. The molecule has 11 nitrogen and oxygen atoms in total. The second-order valence-corrected chi connectivity index (χ2v) is 18.5. The molecule has 0 aliphatic carbocycles. The van der Waals surface area contributed by atoms with Crippen LogP contribution in [0.5, 0.6) is 0 Å². The van der Waals surface area contributed by atoms with Gasteiger partial charge in [0.1, 0.15) is 30.5 Å². The van der Waals surface area contributed by atoms with E-state index in [0.717, 1.165) is 51.5 Å². The van der Waals surface area contributed by atoms with Crippen molar-refractivity contribution in [2.75, 3.05) is 32.8 Å². The summed E-state index contributed by atoms with van der Waals surface area (Å²) in [6, 6.07) is -0.997. The Balaban J connectivity index is 2.58. The molecule has 0 unspecified atom stereocenters. The molecule has 1 fully saturated rings. The second-order valence-electron chi connectivity index (χ2n) is 18.5. The Morgan fingerprint density at radius 3 is 1.38 bits per heavy atom. The number of aliphatic hydroxyl groups is 6. The van der Waals surface area contributed by atoms with Gasteiger partial charge in [-0.3, -0.25) is 4.79 Å². The summed E-state index contributed by atoms with van der Waals surface area (Å²) >= 11 is 0. The van der Waals surface area contributed by atoms with E-state index in [0.29, 0.717) is 12.8 Å². The van der Waals surface area contributed by atoms with E-state index in [1.165, 1.54) is 161 Å². The lowest BCUT2D eigenvalue weighted by molar-refractivity contribution is -0.303. The van der Waals surface area contributed by atoms with Gasteiger partial charge in [-0.2, -0.15) is 0 Å². The maximum absolute atomic E-state index is 13.2. The van der Waals surface area contributed by atoms with E-state index in [1.807, 2.05) is 0 Å². The molecule has 1 heterocycles. The number of aliphatic hydroxyl groups excluding tert-OH is 6. The van der Waals surface area contributed by atoms with Crippen molar-refractivity contribution in [1.82, 2.24) is 10.2 Å². The van der Waals surface area contributed by atoms with E-state index in [1.54, 1.807) is 0 Å². The molecule has 1 saturated heterocycles. The van der Waals surface area contributed by atoms with Gasteiger partial charge < -0.3 is 50.3 Å². The Labute approximate surface area is 374 Å². The van der Waals surface area contributed by atoms with Crippen LogP contribution in [0.2, 0.25) is 0 Å². The highest BCUT2D eigenvalue weighted by atomic mass is 16.7. The number of ether oxygens (including phenoxy) is 2. The number of carbonyl (C=O) groups is 1. The molecule has 1 aliphatic heterocycles. The lowest BCUT2D eigenvalue weighted by atomic mass is 9.98. The Morgan fingerprint density at radius 2 is 0.951 bits per heavy atom. The molecule has 0 saturated carbocycles. The van der Waals surface area contributed by atoms with Gasteiger partial charge in [0.15, 0.2) is 6.29 Å². The fraction of sp³-hybridized carbons (Fsp3) is 0.980. The molecule has 11 heteroatoms. The van der Waals surface area contributed by atoms with Gasteiger partial charge in [-0.05, 0) is 51.7 Å². The number of nitrogens with zero attached hydrogens (tertiary/aromatic N) is 1. The van der Waals surface area contributed by atoms with Gasteiger partial charge in [0.2, 0.25) is 5.91 Å². The first kappa shape index (κ1) is 58.1. The van der Waals surface area contributed by atoms with Crippen LogP contribution >= 0.6 is 0 Å². The SMILES string of the molecule is CCCCCCCCCCCCCCC[C@@H](O)[C@@H](O)[C@H](CO[C@H]1O[C@H](CO)[C@H](O)[C@H](O)[C@H]1O)NC(=O)CCCCCCN(CCCCCCCCC)CCCCCCCCC. The van der Waals surface area contributed by atoms with Crippen molar-refractivity contribution in [2.24, 2.45) is 0 Å². The monoisotopic (exact) mass is 873 g/mol. The molecule has 1 aliphatic rings. The topological polar surface area (TPSA) is 172 Å². The van der Waals surface area contributed by atoms with Gasteiger partial charge in [-0.1, -0.05) is 194 Å². The summed E-state index contributed by atoms with van der Waals surface area (Å²) in [5.74, 6) is -0.255. The third-order valence-electron chi connectivity index (χ3n) is 12.8. The molecular weight excluding hydrogens is 773 g/mol. The number of carbonyl (C=O) groups excluding carboxylic acids is 1. The first-order chi connectivity index (χ1) is 29.7. The van der Waals surface area contributed by atoms with E-state index < -0.39 is 55.6 Å². The van der Waals surface area contributed by atoms with Crippen molar-refractivity contribution in [3.8, 4) is 0 Å². The van der Waals surface area contributed by atoms with E-state index in [9.17, 15) is 35.4 Å². The number of hydrogen-bond acceptors (Lipinski definition) is 10. The number of hydrogen-bond donors (Lipinski definition) is 7. The number of unbranched alkanes of at least 4 members (excludes halogenated alkanes) is 27. The summed E-state index contributed by atoms with van der Waals surface area (Å²) < 4.78 is 11.2. The molecule has 0 bridgehead atoms. The van der Waals surface area contributed by atoms with Crippen molar-refractivity contribution in [3.63, 3.8) is 0 Å². The van der Waals surface area contributed by atoms with E-state index in [-0.39, 0.29) is 18.9 Å². The number of amides is 1. The molecule has 0 radical (unpaired) electrons. The lowest BCUT2D eigenvalue weighted by Gasteiger charge is -2.40. The number of nitrogens with one attached hydrogen (secondary N) is 1. The van der Waals surface area contributed by atoms with E-state index in [2.05, 4.69) is 31.0 Å². The van der Waals surface area contributed by atoms with Gasteiger partial charge in [0.25, 0.3) is 0 Å². The zero-order valence-electron chi connectivity index (χ0n) is 39.8. The molecule has 0 aromatic rings. The Hall–Kier alpha value is -0.890. The third kappa shape index (κ3) is 30.0. The fourth-order valence-electron chi connectivity index (χ4n) is 8.61.